The minimum absolute atomic E-state index is 0.167. The van der Waals surface area contributed by atoms with E-state index in [1.54, 1.807) is 20.8 Å². The smallest absolute Gasteiger partial charge is 0.302 e. The highest BCUT2D eigenvalue weighted by Gasteiger charge is 1.81. The fraction of sp³-hybridized carbons (Fsp3) is 0.857. The minimum atomic E-state index is -0.250. The summed E-state index contributed by atoms with van der Waals surface area (Å²) in [5.41, 5.74) is 0. The van der Waals surface area contributed by atoms with E-state index < -0.39 is 0 Å². The van der Waals surface area contributed by atoms with Crippen molar-refractivity contribution >= 4 is 12.4 Å². The number of unbranched alkanes of at least 4 members (excludes halogenated alkanes) is 3. The molecule has 5 heteroatoms. The molecule has 0 fully saturated rings. The number of carboxylic acid groups (broad SMARTS) is 1. The van der Waals surface area contributed by atoms with Crippen LogP contribution in [0.25, 0.3) is 0 Å². The quantitative estimate of drug-likeness (QED) is 0.469. The second-order valence-corrected chi connectivity index (χ2v) is 3.83. The fourth-order valence-electron chi connectivity index (χ4n) is 0.703. The van der Waals surface area contributed by atoms with E-state index in [1.807, 2.05) is 0 Å². The van der Waals surface area contributed by atoms with Crippen LogP contribution < -0.4 is 0 Å². The van der Waals surface area contributed by atoms with Crippen molar-refractivity contribution in [2.24, 2.45) is 0 Å². The Morgan fingerprint density at radius 2 is 1.42 bits per heavy atom. The summed E-state index contributed by atoms with van der Waals surface area (Å²) >= 11 is 0. The maximum absolute atomic E-state index is 9.82. The maximum atomic E-state index is 9.82. The van der Waals surface area contributed by atoms with E-state index in [4.69, 9.17) is 15.0 Å². The molecule has 2 N–H and O–H groups in total. The van der Waals surface area contributed by atoms with Crippen molar-refractivity contribution in [3.05, 3.63) is 0 Å². The van der Waals surface area contributed by atoms with E-state index in [-0.39, 0.29) is 18.5 Å². The summed E-state index contributed by atoms with van der Waals surface area (Å²) in [5.74, 6) is -0.211. The Bertz CT molecular complexity index is 151. The zero-order valence-electron chi connectivity index (χ0n) is 13.3. The van der Waals surface area contributed by atoms with Crippen LogP contribution in [0.15, 0.2) is 0 Å². The standard InChI is InChI=1S/C6H14.C4H8O2.C3H8O.CH2O2/c1-3-5-6-4-2;1-3-6-4(2)5;1-3(2)4;2-1-3/h3-6H2,1-2H3;3H2,1-2H3;3-4H,1-2H3;1H,(H,2,3). The van der Waals surface area contributed by atoms with E-state index in [0.717, 1.165) is 0 Å². The molecule has 0 aliphatic carbocycles. The van der Waals surface area contributed by atoms with Crippen LogP contribution in [0, 0.1) is 0 Å². The van der Waals surface area contributed by atoms with Crippen molar-refractivity contribution in [3.8, 4) is 0 Å². The van der Waals surface area contributed by atoms with Gasteiger partial charge in [0.2, 0.25) is 0 Å². The monoisotopic (exact) mass is 280 g/mol. The first-order valence-electron chi connectivity index (χ1n) is 6.73. The summed E-state index contributed by atoms with van der Waals surface area (Å²) in [5, 5.41) is 14.9. The lowest BCUT2D eigenvalue weighted by Gasteiger charge is -1.89. The van der Waals surface area contributed by atoms with Crippen molar-refractivity contribution in [1.82, 2.24) is 0 Å². The summed E-state index contributed by atoms with van der Waals surface area (Å²) in [6.07, 6.45) is 5.37. The van der Waals surface area contributed by atoms with E-state index >= 15 is 0 Å². The Hall–Kier alpha value is -1.10. The zero-order valence-corrected chi connectivity index (χ0v) is 13.3. The molecule has 0 heterocycles. The number of carbonyl (C=O) groups excluding carboxylic acids is 1. The van der Waals surface area contributed by atoms with Crippen molar-refractivity contribution in [3.63, 3.8) is 0 Å². The molecule has 0 bridgehead atoms. The van der Waals surface area contributed by atoms with Gasteiger partial charge in [-0.1, -0.05) is 39.5 Å². The molecule has 118 valence electrons. The van der Waals surface area contributed by atoms with E-state index in [0.29, 0.717) is 6.61 Å². The summed E-state index contributed by atoms with van der Waals surface area (Å²) in [6.45, 7) is 11.3. The molecule has 0 spiro atoms. The van der Waals surface area contributed by atoms with Gasteiger partial charge in [0.1, 0.15) is 0 Å². The van der Waals surface area contributed by atoms with Crippen molar-refractivity contribution in [2.45, 2.75) is 73.3 Å². The summed E-state index contributed by atoms with van der Waals surface area (Å²) in [4.78, 5) is 18.2. The van der Waals surface area contributed by atoms with Crippen LogP contribution in [-0.4, -0.2) is 35.4 Å². The molecule has 0 rings (SSSR count). The van der Waals surface area contributed by atoms with Crippen LogP contribution in [0.1, 0.15) is 67.2 Å². The van der Waals surface area contributed by atoms with Crippen LogP contribution in [0.5, 0.6) is 0 Å². The first-order chi connectivity index (χ1) is 8.83. The number of esters is 1. The van der Waals surface area contributed by atoms with Gasteiger partial charge in [-0.3, -0.25) is 9.59 Å². The minimum Gasteiger partial charge on any atom is -0.483 e. The summed E-state index contributed by atoms with van der Waals surface area (Å²) < 4.78 is 4.40. The first kappa shape index (κ1) is 26.5. The van der Waals surface area contributed by atoms with Crippen LogP contribution in [0.2, 0.25) is 0 Å². The molecule has 0 aliphatic heterocycles. The van der Waals surface area contributed by atoms with Gasteiger partial charge in [-0.15, -0.1) is 0 Å². The van der Waals surface area contributed by atoms with Gasteiger partial charge in [-0.2, -0.15) is 0 Å². The van der Waals surface area contributed by atoms with Crippen LogP contribution in [-0.2, 0) is 14.3 Å². The van der Waals surface area contributed by atoms with Crippen LogP contribution >= 0.6 is 0 Å². The van der Waals surface area contributed by atoms with Gasteiger partial charge in [-0.05, 0) is 20.8 Å². The SMILES string of the molecule is CC(C)O.CCCCCC.CCOC(C)=O.O=CO. The first-order valence-corrected chi connectivity index (χ1v) is 6.73. The molecule has 0 aromatic carbocycles. The van der Waals surface area contributed by atoms with E-state index in [9.17, 15) is 4.79 Å². The number of hydrogen-bond acceptors (Lipinski definition) is 4. The third-order valence-electron chi connectivity index (χ3n) is 1.30. The highest BCUT2D eigenvalue weighted by atomic mass is 16.5. The predicted molar refractivity (Wildman–Crippen MR) is 78.2 cm³/mol. The van der Waals surface area contributed by atoms with E-state index in [2.05, 4.69) is 18.6 Å². The lowest BCUT2D eigenvalue weighted by atomic mass is 10.2. The molecule has 0 aromatic rings. The lowest BCUT2D eigenvalue weighted by molar-refractivity contribution is -0.140. The largest absolute Gasteiger partial charge is 0.483 e. The topological polar surface area (TPSA) is 83.8 Å². The van der Waals surface area contributed by atoms with E-state index in [1.165, 1.54) is 32.6 Å². The Morgan fingerprint density at radius 1 is 1.16 bits per heavy atom. The maximum Gasteiger partial charge on any atom is 0.302 e. The number of hydrogen-bond donors (Lipinski definition) is 2. The van der Waals surface area contributed by atoms with Crippen LogP contribution in [0.3, 0.4) is 0 Å². The van der Waals surface area contributed by atoms with Gasteiger partial charge in [0, 0.05) is 13.0 Å². The molecule has 5 nitrogen and oxygen atoms in total. The zero-order chi connectivity index (χ0) is 16.1. The molecule has 0 aromatic heterocycles. The van der Waals surface area contributed by atoms with Crippen LogP contribution in [0.4, 0.5) is 0 Å². The number of rotatable bonds is 4. The average molecular weight is 280 g/mol. The molecule has 0 unspecified atom stereocenters. The fourth-order valence-corrected chi connectivity index (χ4v) is 0.703. The normalized spacial score (nSPS) is 7.79. The van der Waals surface area contributed by atoms with Gasteiger partial charge in [0.05, 0.1) is 6.61 Å². The summed E-state index contributed by atoms with van der Waals surface area (Å²) in [6, 6.07) is 0. The molecule has 0 aliphatic rings. The van der Waals surface area contributed by atoms with Gasteiger partial charge < -0.3 is 14.9 Å². The average Bonchev–Trinajstić information content (AvgIpc) is 2.27. The molecular formula is C14H32O5. The van der Waals surface area contributed by atoms with Crippen molar-refractivity contribution < 1.29 is 24.5 Å². The Morgan fingerprint density at radius 3 is 1.47 bits per heavy atom. The Kier molecular flexibility index (Phi) is 42.0. The molecule has 0 atom stereocenters. The molecule has 0 amide bonds. The molecule has 0 radical (unpaired) electrons. The second kappa shape index (κ2) is 30.2. The number of aliphatic hydroxyl groups excluding tert-OH is 1. The number of ether oxygens (including phenoxy) is 1. The molecular weight excluding hydrogens is 248 g/mol. The third kappa shape index (κ3) is 156. The van der Waals surface area contributed by atoms with Gasteiger partial charge >= 0.3 is 5.97 Å². The predicted octanol–water partition coefficient (Wildman–Crippen LogP) is 3.24. The molecule has 0 saturated heterocycles. The number of aliphatic hydroxyl groups is 1. The second-order valence-electron chi connectivity index (χ2n) is 3.83. The van der Waals surface area contributed by atoms with Gasteiger partial charge in [0.15, 0.2) is 0 Å². The lowest BCUT2D eigenvalue weighted by Crippen LogP contribution is -1.95. The Balaban J connectivity index is -0.0000000821. The molecule has 0 saturated carbocycles. The number of carbonyl (C=O) groups is 2. The van der Waals surface area contributed by atoms with Gasteiger partial charge in [-0.25, -0.2) is 0 Å². The van der Waals surface area contributed by atoms with Crippen molar-refractivity contribution in [1.29, 1.82) is 0 Å². The summed E-state index contributed by atoms with van der Waals surface area (Å²) in [7, 11) is 0. The Labute approximate surface area is 118 Å². The molecule has 19 heavy (non-hydrogen) atoms. The van der Waals surface area contributed by atoms with Crippen molar-refractivity contribution in [2.75, 3.05) is 6.61 Å². The highest BCUT2D eigenvalue weighted by molar-refractivity contribution is 5.65. The highest BCUT2D eigenvalue weighted by Crippen LogP contribution is 1.95. The third-order valence-corrected chi connectivity index (χ3v) is 1.30. The van der Waals surface area contributed by atoms with Gasteiger partial charge in [0.25, 0.3) is 6.47 Å².